The molecule has 182 valence electrons. The summed E-state index contributed by atoms with van der Waals surface area (Å²) in [6, 6.07) is 5.16. The molecule has 3 heterocycles. The number of nitrogens with one attached hydrogen (secondary N) is 4. The lowest BCUT2D eigenvalue weighted by atomic mass is 9.83. The van der Waals surface area contributed by atoms with Crippen molar-refractivity contribution in [1.82, 2.24) is 20.4 Å². The lowest BCUT2D eigenvalue weighted by Gasteiger charge is -2.35. The molecule has 0 bridgehead atoms. The number of aromatic amines is 1. The number of carbonyl (C=O) groups is 1. The number of aliphatic imine (C=N–C) groups is 1. The average Bonchev–Trinajstić information content (AvgIpc) is 3.46. The van der Waals surface area contributed by atoms with Crippen molar-refractivity contribution in [1.29, 1.82) is 0 Å². The fraction of sp³-hybridized carbons (Fsp3) is 0.522. The van der Waals surface area contributed by atoms with E-state index in [9.17, 15) is 4.79 Å². The number of morpholine rings is 1. The Morgan fingerprint density at radius 1 is 1.26 bits per heavy atom. The van der Waals surface area contributed by atoms with Gasteiger partial charge >= 0.3 is 6.03 Å². The Hall–Kier alpha value is -2.82. The highest BCUT2D eigenvalue weighted by molar-refractivity contribution is 6.31. The molecule has 1 aromatic heterocycles. The van der Waals surface area contributed by atoms with E-state index >= 15 is 0 Å². The molecule has 0 spiro atoms. The fourth-order valence-corrected chi connectivity index (χ4v) is 5.17. The number of methoxy groups -OCH3 is 1. The third-order valence-corrected chi connectivity index (χ3v) is 6.93. The maximum atomic E-state index is 12.7. The number of H-pyrrole nitrogens is 1. The first-order chi connectivity index (χ1) is 16.6. The Kier molecular flexibility index (Phi) is 6.89. The Morgan fingerprint density at radius 3 is 2.91 bits per heavy atom. The number of hydrogen-bond donors (Lipinski definition) is 4. The first-order valence-corrected chi connectivity index (χ1v) is 12.1. The Bertz CT molecular complexity index is 1050. The zero-order chi connectivity index (χ0) is 23.5. The van der Waals surface area contributed by atoms with Crippen LogP contribution >= 0.6 is 11.6 Å². The van der Waals surface area contributed by atoms with Crippen LogP contribution in [0.3, 0.4) is 0 Å². The number of aromatic nitrogens is 2. The number of fused-ring (bicyclic) bond motifs is 1. The van der Waals surface area contributed by atoms with Crippen molar-refractivity contribution in [2.75, 3.05) is 50.6 Å². The molecule has 5 rings (SSSR count). The second-order valence-electron chi connectivity index (χ2n) is 8.97. The number of carbonyl (C=O) groups excluding carboxylic acids is 1. The third kappa shape index (κ3) is 5.13. The topological polar surface area (TPSA) is 116 Å². The highest BCUT2D eigenvalue weighted by atomic mass is 35.5. The van der Waals surface area contributed by atoms with Crippen molar-refractivity contribution < 1.29 is 14.3 Å². The van der Waals surface area contributed by atoms with Gasteiger partial charge < -0.3 is 25.4 Å². The van der Waals surface area contributed by atoms with Crippen LogP contribution in [0.5, 0.6) is 5.75 Å². The van der Waals surface area contributed by atoms with Gasteiger partial charge in [0.2, 0.25) is 0 Å². The van der Waals surface area contributed by atoms with Gasteiger partial charge in [-0.2, -0.15) is 5.10 Å². The van der Waals surface area contributed by atoms with Gasteiger partial charge in [0.15, 0.2) is 0 Å². The van der Waals surface area contributed by atoms with Gasteiger partial charge in [-0.25, -0.2) is 4.79 Å². The second kappa shape index (κ2) is 10.2. The molecule has 2 unspecified atom stereocenters. The van der Waals surface area contributed by atoms with Gasteiger partial charge in [0.1, 0.15) is 17.3 Å². The van der Waals surface area contributed by atoms with Crippen LogP contribution in [0.15, 0.2) is 29.4 Å². The number of rotatable bonds is 6. The van der Waals surface area contributed by atoms with Crippen LogP contribution in [-0.4, -0.2) is 79.0 Å². The molecular formula is C23H30ClN7O3. The Morgan fingerprint density at radius 2 is 2.09 bits per heavy atom. The van der Waals surface area contributed by atoms with Crippen LogP contribution in [0, 0.1) is 5.92 Å². The minimum atomic E-state index is -0.426. The average molecular weight is 488 g/mol. The van der Waals surface area contributed by atoms with Gasteiger partial charge in [-0.1, -0.05) is 11.6 Å². The summed E-state index contributed by atoms with van der Waals surface area (Å²) in [5.74, 6) is 1.92. The van der Waals surface area contributed by atoms with Crippen LogP contribution in [0.1, 0.15) is 25.0 Å². The summed E-state index contributed by atoms with van der Waals surface area (Å²) in [6.07, 6.45) is 4.90. The molecule has 3 aliphatic rings. The maximum Gasteiger partial charge on any atom is 0.323 e. The molecular weight excluding hydrogens is 458 g/mol. The number of halogens is 1. The van der Waals surface area contributed by atoms with Crippen molar-refractivity contribution >= 4 is 34.8 Å². The number of ether oxygens (including phenoxy) is 2. The number of nitrogens with zero attached hydrogens (tertiary/aromatic N) is 3. The summed E-state index contributed by atoms with van der Waals surface area (Å²) in [6.45, 7) is 4.82. The van der Waals surface area contributed by atoms with E-state index in [0.29, 0.717) is 39.8 Å². The zero-order valence-electron chi connectivity index (χ0n) is 19.1. The SMILES string of the molecule is COc1ccc(Cl)cc1NC(=O)Nc1cn[nH]c1C1=NC2CCC(CN3CCOCC3)C[C@@H]2N1. The fourth-order valence-electron chi connectivity index (χ4n) is 5.00. The number of amidine groups is 1. The number of amides is 2. The third-order valence-electron chi connectivity index (χ3n) is 6.69. The van der Waals surface area contributed by atoms with Crippen molar-refractivity contribution in [3.05, 3.63) is 35.1 Å². The Balaban J connectivity index is 1.20. The zero-order valence-corrected chi connectivity index (χ0v) is 19.9. The van der Waals surface area contributed by atoms with Gasteiger partial charge in [-0.3, -0.25) is 15.0 Å². The summed E-state index contributed by atoms with van der Waals surface area (Å²) < 4.78 is 10.8. The summed E-state index contributed by atoms with van der Waals surface area (Å²) in [5, 5.41) is 16.8. The van der Waals surface area contributed by atoms with Crippen LogP contribution in [-0.2, 0) is 4.74 Å². The minimum Gasteiger partial charge on any atom is -0.495 e. The summed E-state index contributed by atoms with van der Waals surface area (Å²) >= 11 is 6.06. The van der Waals surface area contributed by atoms with Crippen molar-refractivity contribution in [3.8, 4) is 5.75 Å². The van der Waals surface area contributed by atoms with E-state index in [0.717, 1.165) is 51.5 Å². The Labute approximate surface area is 203 Å². The molecule has 34 heavy (non-hydrogen) atoms. The highest BCUT2D eigenvalue weighted by Crippen LogP contribution is 2.32. The van der Waals surface area contributed by atoms with Crippen molar-refractivity contribution in [2.45, 2.75) is 31.3 Å². The number of anilines is 2. The van der Waals surface area contributed by atoms with Gasteiger partial charge in [0, 0.05) is 24.7 Å². The second-order valence-corrected chi connectivity index (χ2v) is 9.41. The molecule has 2 aromatic rings. The molecule has 11 heteroatoms. The molecule has 1 aliphatic carbocycles. The van der Waals surface area contributed by atoms with Gasteiger partial charge in [-0.15, -0.1) is 0 Å². The van der Waals surface area contributed by atoms with Gasteiger partial charge in [-0.05, 0) is 43.4 Å². The first-order valence-electron chi connectivity index (χ1n) is 11.7. The molecule has 1 aromatic carbocycles. The molecule has 3 atom stereocenters. The molecule has 2 amide bonds. The van der Waals surface area contributed by atoms with E-state index in [1.54, 1.807) is 24.4 Å². The normalized spacial score (nSPS) is 24.6. The lowest BCUT2D eigenvalue weighted by molar-refractivity contribution is 0.0266. The molecule has 10 nitrogen and oxygen atoms in total. The number of benzene rings is 1. The van der Waals surface area contributed by atoms with Gasteiger partial charge in [0.25, 0.3) is 0 Å². The summed E-state index contributed by atoms with van der Waals surface area (Å²) in [5.41, 5.74) is 1.70. The van der Waals surface area contributed by atoms with E-state index in [1.165, 1.54) is 13.5 Å². The van der Waals surface area contributed by atoms with Crippen LogP contribution in [0.4, 0.5) is 16.2 Å². The molecule has 2 aliphatic heterocycles. The van der Waals surface area contributed by atoms with Crippen molar-refractivity contribution in [3.63, 3.8) is 0 Å². The summed E-state index contributed by atoms with van der Waals surface area (Å²) in [7, 11) is 1.54. The van der Waals surface area contributed by atoms with E-state index < -0.39 is 6.03 Å². The van der Waals surface area contributed by atoms with Gasteiger partial charge in [0.05, 0.1) is 50.0 Å². The molecule has 2 fully saturated rings. The smallest absolute Gasteiger partial charge is 0.323 e. The minimum absolute atomic E-state index is 0.247. The summed E-state index contributed by atoms with van der Waals surface area (Å²) in [4.78, 5) is 20.1. The number of urea groups is 1. The monoisotopic (exact) mass is 487 g/mol. The predicted molar refractivity (Wildman–Crippen MR) is 131 cm³/mol. The predicted octanol–water partition coefficient (Wildman–Crippen LogP) is 2.94. The quantitative estimate of drug-likeness (QED) is 0.498. The lowest BCUT2D eigenvalue weighted by Crippen LogP contribution is -2.45. The van der Waals surface area contributed by atoms with Crippen LogP contribution in [0.2, 0.25) is 5.02 Å². The molecule has 1 saturated heterocycles. The highest BCUT2D eigenvalue weighted by Gasteiger charge is 2.37. The molecule has 1 saturated carbocycles. The van der Waals surface area contributed by atoms with Crippen molar-refractivity contribution in [2.24, 2.45) is 10.9 Å². The standard InChI is InChI=1S/C23H30ClN7O3/c1-33-20-5-3-15(24)11-18(20)28-23(32)29-19-12-25-30-21(19)22-26-16-4-2-14(10-17(16)27-22)13-31-6-8-34-9-7-31/h3,5,11-12,14,16-17H,2,4,6-10,13H2,1H3,(H,25,30)(H,26,27)(H2,28,29,32)/t14?,16?,17-/m0/s1. The van der Waals surface area contributed by atoms with Crippen LogP contribution in [0.25, 0.3) is 0 Å². The molecule has 4 N–H and O–H groups in total. The number of hydrogen-bond acceptors (Lipinski definition) is 7. The molecule has 0 radical (unpaired) electrons. The van der Waals surface area contributed by atoms with E-state index in [-0.39, 0.29) is 6.04 Å². The largest absolute Gasteiger partial charge is 0.495 e. The maximum absolute atomic E-state index is 12.7. The first kappa shape index (κ1) is 22.9. The van der Waals surface area contributed by atoms with E-state index in [4.69, 9.17) is 26.1 Å². The van der Waals surface area contributed by atoms with Crippen LogP contribution < -0.4 is 20.7 Å². The van der Waals surface area contributed by atoms with E-state index in [2.05, 4.69) is 31.0 Å². The van der Waals surface area contributed by atoms with E-state index in [1.807, 2.05) is 0 Å².